The van der Waals surface area contributed by atoms with E-state index in [2.05, 4.69) is 19.8 Å². The van der Waals surface area contributed by atoms with E-state index in [-0.39, 0.29) is 22.7 Å². The molecule has 0 amide bonds. The summed E-state index contributed by atoms with van der Waals surface area (Å²) in [4.78, 5) is 34.8. The molecule has 0 bridgehead atoms. The molecule has 1 fully saturated rings. The van der Waals surface area contributed by atoms with Crippen LogP contribution in [0.5, 0.6) is 0 Å². The van der Waals surface area contributed by atoms with Crippen LogP contribution in [0.4, 0.5) is 0 Å². The van der Waals surface area contributed by atoms with Crippen LogP contribution < -0.4 is 16.0 Å². The molecule has 1 aliphatic carbocycles. The van der Waals surface area contributed by atoms with Crippen LogP contribution in [-0.4, -0.2) is 42.8 Å². The lowest BCUT2D eigenvalue weighted by atomic mass is 10.2. The Bertz CT molecular complexity index is 1870. The number of fused-ring (bicyclic) bond motifs is 2. The number of thiophene rings is 1. The molecule has 1 aliphatic rings. The van der Waals surface area contributed by atoms with Gasteiger partial charge in [-0.15, -0.1) is 11.3 Å². The summed E-state index contributed by atoms with van der Waals surface area (Å²) in [6, 6.07) is 5.17. The smallest absolute Gasteiger partial charge is 0.332 e. The maximum absolute atomic E-state index is 13.6. The second-order valence-electron chi connectivity index (χ2n) is 9.49. The van der Waals surface area contributed by atoms with Crippen LogP contribution in [0.3, 0.4) is 0 Å². The van der Waals surface area contributed by atoms with Crippen molar-refractivity contribution in [2.24, 2.45) is 7.05 Å². The number of H-pyrrole nitrogens is 1. The summed E-state index contributed by atoms with van der Waals surface area (Å²) >= 11 is 0.927. The number of nitrogens with one attached hydrogen (secondary N) is 2. The lowest BCUT2D eigenvalue weighted by Gasteiger charge is -2.12. The molecule has 186 valence electrons. The zero-order valence-corrected chi connectivity index (χ0v) is 21.2. The monoisotopic (exact) mass is 525 g/mol. The van der Waals surface area contributed by atoms with Gasteiger partial charge in [0.15, 0.2) is 0 Å². The summed E-state index contributed by atoms with van der Waals surface area (Å²) in [6.07, 6.45) is 8.28. The van der Waals surface area contributed by atoms with Crippen molar-refractivity contribution >= 4 is 42.6 Å². The Morgan fingerprint density at radius 2 is 1.92 bits per heavy atom. The lowest BCUT2D eigenvalue weighted by Crippen LogP contribution is -2.40. The Labute approximate surface area is 209 Å². The van der Waals surface area contributed by atoms with E-state index in [1.807, 2.05) is 19.1 Å². The molecule has 5 heterocycles. The van der Waals surface area contributed by atoms with E-state index in [9.17, 15) is 18.0 Å². The fourth-order valence-electron chi connectivity index (χ4n) is 4.24. The molecule has 0 saturated heterocycles. The second-order valence-corrected chi connectivity index (χ2v) is 12.4. The van der Waals surface area contributed by atoms with Crippen molar-refractivity contribution in [1.29, 1.82) is 0 Å². The number of aryl methyl sites for hydroxylation is 1. The summed E-state index contributed by atoms with van der Waals surface area (Å²) in [6.45, 7) is 1.99. The molecule has 6 rings (SSSR count). The van der Waals surface area contributed by atoms with Crippen molar-refractivity contribution < 1.29 is 8.42 Å². The van der Waals surface area contributed by atoms with E-state index in [0.29, 0.717) is 10.4 Å². The average molecular weight is 526 g/mol. The van der Waals surface area contributed by atoms with E-state index in [1.165, 1.54) is 10.6 Å². The SMILES string of the molecule is Cn1cc(Cn2c(=O)c3cc(S(=O)(=O)NC4(C)CC4)sc3n(Cc3cnc4[nH]ccc4c3)c2=O)cn1. The second kappa shape index (κ2) is 7.98. The predicted molar refractivity (Wildman–Crippen MR) is 136 cm³/mol. The molecule has 0 spiro atoms. The molecular weight excluding hydrogens is 502 g/mol. The Morgan fingerprint density at radius 1 is 1.14 bits per heavy atom. The predicted octanol–water partition coefficient (Wildman–Crippen LogP) is 1.76. The van der Waals surface area contributed by atoms with Gasteiger partial charge in [0.2, 0.25) is 0 Å². The van der Waals surface area contributed by atoms with Crippen molar-refractivity contribution in [1.82, 2.24) is 33.6 Å². The Morgan fingerprint density at radius 3 is 2.64 bits per heavy atom. The highest BCUT2D eigenvalue weighted by atomic mass is 32.2. The number of aromatic nitrogens is 6. The molecule has 5 aromatic rings. The van der Waals surface area contributed by atoms with Crippen LogP contribution in [0.2, 0.25) is 0 Å². The quantitative estimate of drug-likeness (QED) is 0.332. The summed E-state index contributed by atoms with van der Waals surface area (Å²) in [5, 5.41) is 5.19. The molecule has 5 aromatic heterocycles. The zero-order chi connectivity index (χ0) is 25.2. The van der Waals surface area contributed by atoms with Gasteiger partial charge in [0.1, 0.15) is 14.7 Å². The average Bonchev–Trinajstić information content (AvgIpc) is 3.25. The van der Waals surface area contributed by atoms with Gasteiger partial charge in [0.05, 0.1) is 24.7 Å². The number of hydrogen-bond acceptors (Lipinski definition) is 7. The summed E-state index contributed by atoms with van der Waals surface area (Å²) in [5.41, 5.74) is 0.625. The first-order valence-corrected chi connectivity index (χ1v) is 13.6. The molecule has 0 radical (unpaired) electrons. The first-order chi connectivity index (χ1) is 17.1. The maximum Gasteiger partial charge on any atom is 0.332 e. The summed E-state index contributed by atoms with van der Waals surface area (Å²) in [5.74, 6) is 0. The minimum Gasteiger partial charge on any atom is -0.346 e. The highest BCUT2D eigenvalue weighted by molar-refractivity contribution is 7.91. The van der Waals surface area contributed by atoms with Crippen LogP contribution in [0.15, 0.2) is 56.8 Å². The normalized spacial score (nSPS) is 15.2. The first kappa shape index (κ1) is 22.9. The van der Waals surface area contributed by atoms with Crippen molar-refractivity contribution in [3.8, 4) is 0 Å². The van der Waals surface area contributed by atoms with E-state index >= 15 is 0 Å². The lowest BCUT2D eigenvalue weighted by molar-refractivity contribution is 0.560. The van der Waals surface area contributed by atoms with Gasteiger partial charge in [-0.1, -0.05) is 0 Å². The van der Waals surface area contributed by atoms with Gasteiger partial charge in [-0.25, -0.2) is 22.9 Å². The van der Waals surface area contributed by atoms with E-state index in [1.54, 1.807) is 36.5 Å². The largest absolute Gasteiger partial charge is 0.346 e. The van der Waals surface area contributed by atoms with Gasteiger partial charge in [0, 0.05) is 42.1 Å². The van der Waals surface area contributed by atoms with Crippen molar-refractivity contribution in [2.45, 2.75) is 42.6 Å². The van der Waals surface area contributed by atoms with Crippen molar-refractivity contribution in [3.63, 3.8) is 0 Å². The molecule has 0 aromatic carbocycles. The fourth-order valence-corrected chi connectivity index (χ4v) is 7.15. The van der Waals surface area contributed by atoms with E-state index in [0.717, 1.165) is 45.3 Å². The van der Waals surface area contributed by atoms with Crippen LogP contribution in [0.25, 0.3) is 21.3 Å². The van der Waals surface area contributed by atoms with Gasteiger partial charge >= 0.3 is 5.69 Å². The van der Waals surface area contributed by atoms with Gasteiger partial charge in [-0.05, 0) is 43.5 Å². The molecule has 0 atom stereocenters. The topological polar surface area (TPSA) is 137 Å². The van der Waals surface area contributed by atoms with Gasteiger partial charge < -0.3 is 4.98 Å². The highest BCUT2D eigenvalue weighted by Gasteiger charge is 2.41. The van der Waals surface area contributed by atoms with Crippen molar-refractivity contribution in [2.75, 3.05) is 0 Å². The third-order valence-corrected chi connectivity index (χ3v) is 9.68. The number of sulfonamides is 1. The number of pyridine rings is 1. The molecule has 0 aliphatic heterocycles. The van der Waals surface area contributed by atoms with Crippen LogP contribution in [0.1, 0.15) is 30.9 Å². The highest BCUT2D eigenvalue weighted by Crippen LogP contribution is 2.37. The summed E-state index contributed by atoms with van der Waals surface area (Å²) in [7, 11) is -2.10. The molecule has 2 N–H and O–H groups in total. The van der Waals surface area contributed by atoms with E-state index in [4.69, 9.17) is 0 Å². The molecule has 1 saturated carbocycles. The number of hydrogen-bond donors (Lipinski definition) is 2. The fraction of sp³-hybridized carbons (Fsp3) is 0.304. The number of aromatic amines is 1. The van der Waals surface area contributed by atoms with Crippen molar-refractivity contribution in [3.05, 3.63) is 75.0 Å². The third-order valence-electron chi connectivity index (χ3n) is 6.41. The maximum atomic E-state index is 13.6. The standard InChI is InChI=1S/C23H23N7O4S2/c1-23(4-5-23)27-36(33,34)18-8-17-20(31)29(13-15-10-26-28(2)11-15)22(32)30(21(17)35-18)12-14-7-16-3-6-24-19(16)25-9-14/h3,6-11,27H,4-5,12-13H2,1-2H3,(H,24,25). The van der Waals surface area contributed by atoms with Gasteiger partial charge in [0.25, 0.3) is 15.6 Å². The Hall–Kier alpha value is -3.55. The van der Waals surface area contributed by atoms with Gasteiger partial charge in [-0.3, -0.25) is 18.6 Å². The minimum absolute atomic E-state index is 0.00853. The minimum atomic E-state index is -3.85. The molecule has 0 unspecified atom stereocenters. The molecule has 36 heavy (non-hydrogen) atoms. The number of nitrogens with zero attached hydrogens (tertiary/aromatic N) is 5. The molecule has 11 nitrogen and oxygen atoms in total. The van der Waals surface area contributed by atoms with Crippen LogP contribution in [0, 0.1) is 0 Å². The van der Waals surface area contributed by atoms with E-state index < -0.39 is 26.8 Å². The summed E-state index contributed by atoms with van der Waals surface area (Å²) < 4.78 is 33.1. The Kier molecular flexibility index (Phi) is 5.07. The zero-order valence-electron chi connectivity index (χ0n) is 19.6. The first-order valence-electron chi connectivity index (χ1n) is 11.3. The molecule has 13 heteroatoms. The van der Waals surface area contributed by atoms with Crippen LogP contribution >= 0.6 is 11.3 Å². The third kappa shape index (κ3) is 3.98. The van der Waals surface area contributed by atoms with Gasteiger partial charge in [-0.2, -0.15) is 5.10 Å². The Balaban J connectivity index is 1.53. The van der Waals surface area contributed by atoms with Crippen LogP contribution in [-0.2, 0) is 30.2 Å². The molecular formula is C23H23N7O4S2. The number of rotatable bonds is 7.